The first kappa shape index (κ1) is 14.4. The molecule has 1 atom stereocenters. The second-order valence-electron chi connectivity index (χ2n) is 4.43. The number of ether oxygens (including phenoxy) is 1. The number of hydrogen-bond acceptors (Lipinski definition) is 5. The quantitative estimate of drug-likeness (QED) is 0.859. The Hall–Kier alpha value is -0.960. The first-order valence-corrected chi connectivity index (χ1v) is 8.18. The van der Waals surface area contributed by atoms with Crippen LogP contribution in [0.3, 0.4) is 0 Å². The first-order valence-electron chi connectivity index (χ1n) is 5.82. The van der Waals surface area contributed by atoms with E-state index in [4.69, 9.17) is 9.88 Å². The number of methoxy groups -OCH3 is 1. The SMILES string of the molecule is COC1CCN(C(=O)Cc2ccc(S(N)(=O)=O)s2)C1. The molecular formula is C11H16N2O4S2. The van der Waals surface area contributed by atoms with E-state index in [1.54, 1.807) is 18.1 Å². The Morgan fingerprint density at radius 1 is 1.58 bits per heavy atom. The van der Waals surface area contributed by atoms with Crippen LogP contribution in [0.5, 0.6) is 0 Å². The van der Waals surface area contributed by atoms with Crippen LogP contribution in [0.4, 0.5) is 0 Å². The summed E-state index contributed by atoms with van der Waals surface area (Å²) in [5.41, 5.74) is 0. The predicted molar refractivity (Wildman–Crippen MR) is 71.4 cm³/mol. The molecule has 0 aliphatic carbocycles. The molecule has 1 fully saturated rings. The maximum absolute atomic E-state index is 12.0. The summed E-state index contributed by atoms with van der Waals surface area (Å²) in [4.78, 5) is 14.5. The molecule has 1 saturated heterocycles. The maximum Gasteiger partial charge on any atom is 0.247 e. The number of carbonyl (C=O) groups excluding carboxylic acids is 1. The Morgan fingerprint density at radius 3 is 2.84 bits per heavy atom. The van der Waals surface area contributed by atoms with Crippen molar-refractivity contribution in [3.8, 4) is 0 Å². The van der Waals surface area contributed by atoms with Gasteiger partial charge in [0.15, 0.2) is 0 Å². The molecule has 1 unspecified atom stereocenters. The summed E-state index contributed by atoms with van der Waals surface area (Å²) < 4.78 is 27.6. The fourth-order valence-electron chi connectivity index (χ4n) is 2.01. The van der Waals surface area contributed by atoms with Crippen molar-refractivity contribution in [1.29, 1.82) is 0 Å². The van der Waals surface area contributed by atoms with Gasteiger partial charge in [-0.05, 0) is 18.6 Å². The number of likely N-dealkylation sites (tertiary alicyclic amines) is 1. The van der Waals surface area contributed by atoms with Gasteiger partial charge in [0.1, 0.15) is 4.21 Å². The Balaban J connectivity index is 1.98. The van der Waals surface area contributed by atoms with Crippen molar-refractivity contribution in [2.24, 2.45) is 5.14 Å². The minimum atomic E-state index is -3.68. The van der Waals surface area contributed by atoms with Crippen molar-refractivity contribution in [2.75, 3.05) is 20.2 Å². The van der Waals surface area contributed by atoms with E-state index >= 15 is 0 Å². The van der Waals surface area contributed by atoms with Crippen LogP contribution in [-0.4, -0.2) is 45.5 Å². The number of carbonyl (C=O) groups is 1. The van der Waals surface area contributed by atoms with E-state index in [0.717, 1.165) is 17.8 Å². The van der Waals surface area contributed by atoms with Gasteiger partial charge in [-0.2, -0.15) is 0 Å². The van der Waals surface area contributed by atoms with Crippen molar-refractivity contribution in [1.82, 2.24) is 4.90 Å². The normalized spacial score (nSPS) is 19.9. The maximum atomic E-state index is 12.0. The first-order chi connectivity index (χ1) is 8.90. The molecule has 19 heavy (non-hydrogen) atoms. The van der Waals surface area contributed by atoms with E-state index in [1.807, 2.05) is 0 Å². The van der Waals surface area contributed by atoms with E-state index in [2.05, 4.69) is 0 Å². The van der Waals surface area contributed by atoms with Crippen LogP contribution >= 0.6 is 11.3 Å². The molecule has 0 aromatic carbocycles. The number of rotatable bonds is 4. The number of amides is 1. The molecule has 2 rings (SSSR count). The lowest BCUT2D eigenvalue weighted by Crippen LogP contribution is -2.31. The number of nitrogens with two attached hydrogens (primary N) is 1. The highest BCUT2D eigenvalue weighted by molar-refractivity contribution is 7.91. The molecule has 1 aliphatic rings. The lowest BCUT2D eigenvalue weighted by molar-refractivity contribution is -0.129. The van der Waals surface area contributed by atoms with Gasteiger partial charge < -0.3 is 9.64 Å². The van der Waals surface area contributed by atoms with E-state index in [1.165, 1.54) is 6.07 Å². The number of hydrogen-bond donors (Lipinski definition) is 1. The van der Waals surface area contributed by atoms with Crippen LogP contribution in [-0.2, 0) is 26.0 Å². The van der Waals surface area contributed by atoms with Crippen LogP contribution in [0.25, 0.3) is 0 Å². The lowest BCUT2D eigenvalue weighted by atomic mass is 10.3. The topological polar surface area (TPSA) is 89.7 Å². The number of sulfonamides is 1. The zero-order valence-electron chi connectivity index (χ0n) is 10.5. The standard InChI is InChI=1S/C11H16N2O4S2/c1-17-8-4-5-13(7-8)10(14)6-9-2-3-11(18-9)19(12,15)16/h2-3,8H,4-7H2,1H3,(H2,12,15,16). The Morgan fingerprint density at radius 2 is 2.32 bits per heavy atom. The van der Waals surface area contributed by atoms with Gasteiger partial charge in [-0.1, -0.05) is 0 Å². The van der Waals surface area contributed by atoms with E-state index in [0.29, 0.717) is 18.0 Å². The molecule has 0 radical (unpaired) electrons. The van der Waals surface area contributed by atoms with Crippen LogP contribution in [0.1, 0.15) is 11.3 Å². The van der Waals surface area contributed by atoms with Gasteiger partial charge in [-0.25, -0.2) is 13.6 Å². The van der Waals surface area contributed by atoms with Gasteiger partial charge in [-0.3, -0.25) is 4.79 Å². The largest absolute Gasteiger partial charge is 0.380 e. The lowest BCUT2D eigenvalue weighted by Gasteiger charge is -2.15. The molecule has 1 aromatic heterocycles. The van der Waals surface area contributed by atoms with Crippen LogP contribution in [0, 0.1) is 0 Å². The third-order valence-electron chi connectivity index (χ3n) is 3.07. The Labute approximate surface area is 116 Å². The molecule has 8 heteroatoms. The molecule has 1 aliphatic heterocycles. The zero-order valence-corrected chi connectivity index (χ0v) is 12.2. The van der Waals surface area contributed by atoms with E-state index in [9.17, 15) is 13.2 Å². The highest BCUT2D eigenvalue weighted by atomic mass is 32.2. The van der Waals surface area contributed by atoms with Crippen molar-refractivity contribution in [3.05, 3.63) is 17.0 Å². The second kappa shape index (κ2) is 5.58. The van der Waals surface area contributed by atoms with Crippen LogP contribution < -0.4 is 5.14 Å². The minimum Gasteiger partial charge on any atom is -0.380 e. The third-order valence-corrected chi connectivity index (χ3v) is 5.60. The highest BCUT2D eigenvalue weighted by Gasteiger charge is 2.26. The van der Waals surface area contributed by atoms with Gasteiger partial charge in [0.05, 0.1) is 12.5 Å². The fourth-order valence-corrected chi connectivity index (χ4v) is 3.78. The summed E-state index contributed by atoms with van der Waals surface area (Å²) in [6.45, 7) is 1.29. The molecule has 2 heterocycles. The molecule has 0 saturated carbocycles. The van der Waals surface area contributed by atoms with E-state index < -0.39 is 10.0 Å². The summed E-state index contributed by atoms with van der Waals surface area (Å²) in [5.74, 6) is -0.0117. The van der Waals surface area contributed by atoms with Gasteiger partial charge in [0.25, 0.3) is 0 Å². The second-order valence-corrected chi connectivity index (χ2v) is 7.39. The van der Waals surface area contributed by atoms with Crippen molar-refractivity contribution in [3.63, 3.8) is 0 Å². The van der Waals surface area contributed by atoms with Gasteiger partial charge >= 0.3 is 0 Å². The molecule has 1 aromatic rings. The summed E-state index contributed by atoms with van der Waals surface area (Å²) in [5, 5.41) is 5.03. The predicted octanol–water partition coefficient (Wildman–Crippen LogP) is 0.185. The fraction of sp³-hybridized carbons (Fsp3) is 0.545. The monoisotopic (exact) mass is 304 g/mol. The number of primary sulfonamides is 1. The molecule has 0 spiro atoms. The molecule has 0 bridgehead atoms. The zero-order chi connectivity index (χ0) is 14.0. The summed E-state index contributed by atoms with van der Waals surface area (Å²) in [6.07, 6.45) is 1.15. The number of thiophene rings is 1. The Bertz CT molecular complexity index is 567. The minimum absolute atomic E-state index is 0.0117. The molecule has 2 N–H and O–H groups in total. The van der Waals surface area contributed by atoms with Crippen molar-refractivity contribution in [2.45, 2.75) is 23.2 Å². The Kier molecular flexibility index (Phi) is 4.24. The van der Waals surface area contributed by atoms with Gasteiger partial charge in [-0.15, -0.1) is 11.3 Å². The smallest absolute Gasteiger partial charge is 0.247 e. The molecular weight excluding hydrogens is 288 g/mol. The molecule has 106 valence electrons. The average Bonchev–Trinajstić information content (AvgIpc) is 2.95. The van der Waals surface area contributed by atoms with Crippen LogP contribution in [0.15, 0.2) is 16.3 Å². The average molecular weight is 304 g/mol. The van der Waals surface area contributed by atoms with E-state index in [-0.39, 0.29) is 22.6 Å². The van der Waals surface area contributed by atoms with Crippen molar-refractivity contribution < 1.29 is 17.9 Å². The highest BCUT2D eigenvalue weighted by Crippen LogP contribution is 2.22. The molecule has 1 amide bonds. The number of nitrogens with zero attached hydrogens (tertiary/aromatic N) is 1. The van der Waals surface area contributed by atoms with Crippen LogP contribution in [0.2, 0.25) is 0 Å². The van der Waals surface area contributed by atoms with Gasteiger partial charge in [0, 0.05) is 25.1 Å². The third kappa shape index (κ3) is 3.53. The van der Waals surface area contributed by atoms with Crippen molar-refractivity contribution >= 4 is 27.3 Å². The summed E-state index contributed by atoms with van der Waals surface area (Å²) in [6, 6.07) is 3.07. The van der Waals surface area contributed by atoms with Gasteiger partial charge in [0.2, 0.25) is 15.9 Å². The molecule has 6 nitrogen and oxygen atoms in total. The summed E-state index contributed by atoms with van der Waals surface area (Å²) in [7, 11) is -2.04. The summed E-state index contributed by atoms with van der Waals surface area (Å²) >= 11 is 1.04.